The molecule has 1 saturated heterocycles. The third-order valence-corrected chi connectivity index (χ3v) is 6.13. The SMILES string of the molecule is CC1CCC(NS(=O)(=O)CC2CCCCN2)C1C. The van der Waals surface area contributed by atoms with Crippen molar-refractivity contribution >= 4 is 10.0 Å². The van der Waals surface area contributed by atoms with Gasteiger partial charge in [0.1, 0.15) is 0 Å². The van der Waals surface area contributed by atoms with Gasteiger partial charge >= 0.3 is 0 Å². The van der Waals surface area contributed by atoms with E-state index in [1.807, 2.05) is 0 Å². The van der Waals surface area contributed by atoms with Crippen LogP contribution in [-0.2, 0) is 10.0 Å². The average Bonchev–Trinajstić information content (AvgIpc) is 2.61. The van der Waals surface area contributed by atoms with Crippen molar-refractivity contribution in [1.82, 2.24) is 10.0 Å². The Morgan fingerprint density at radius 3 is 2.50 bits per heavy atom. The van der Waals surface area contributed by atoms with Crippen LogP contribution in [0.1, 0.15) is 46.0 Å². The highest BCUT2D eigenvalue weighted by Crippen LogP contribution is 2.31. The maximum Gasteiger partial charge on any atom is 0.213 e. The molecule has 0 aromatic heterocycles. The number of hydrogen-bond donors (Lipinski definition) is 2. The van der Waals surface area contributed by atoms with Crippen molar-refractivity contribution in [3.8, 4) is 0 Å². The molecule has 1 heterocycles. The van der Waals surface area contributed by atoms with Gasteiger partial charge in [0.15, 0.2) is 0 Å². The van der Waals surface area contributed by atoms with Crippen LogP contribution in [0.2, 0.25) is 0 Å². The van der Waals surface area contributed by atoms with Gasteiger partial charge in [-0.15, -0.1) is 0 Å². The molecule has 2 rings (SSSR count). The molecule has 1 aliphatic carbocycles. The molecule has 1 saturated carbocycles. The molecule has 2 fully saturated rings. The maximum atomic E-state index is 12.2. The van der Waals surface area contributed by atoms with Gasteiger partial charge in [-0.1, -0.05) is 20.3 Å². The van der Waals surface area contributed by atoms with Crippen molar-refractivity contribution < 1.29 is 8.42 Å². The number of nitrogens with one attached hydrogen (secondary N) is 2. The standard InChI is InChI=1S/C13H26N2O2S/c1-10-6-7-13(11(10)2)15-18(16,17)9-12-5-3-4-8-14-12/h10-15H,3-9H2,1-2H3. The highest BCUT2D eigenvalue weighted by molar-refractivity contribution is 7.89. The van der Waals surface area contributed by atoms with Gasteiger partial charge < -0.3 is 5.32 Å². The summed E-state index contributed by atoms with van der Waals surface area (Å²) in [6, 6.07) is 0.291. The Morgan fingerprint density at radius 1 is 1.17 bits per heavy atom. The second-order valence-electron chi connectivity index (χ2n) is 6.07. The molecule has 1 aliphatic heterocycles. The minimum atomic E-state index is -3.13. The van der Waals surface area contributed by atoms with Crippen molar-refractivity contribution in [3.05, 3.63) is 0 Å². The topological polar surface area (TPSA) is 58.2 Å². The molecule has 0 spiro atoms. The largest absolute Gasteiger partial charge is 0.313 e. The van der Waals surface area contributed by atoms with Crippen LogP contribution in [0.15, 0.2) is 0 Å². The van der Waals surface area contributed by atoms with Crippen molar-refractivity contribution in [1.29, 1.82) is 0 Å². The van der Waals surface area contributed by atoms with Crippen LogP contribution in [0, 0.1) is 11.8 Å². The first kappa shape index (κ1) is 14.3. The zero-order valence-corrected chi connectivity index (χ0v) is 12.3. The van der Waals surface area contributed by atoms with Crippen molar-refractivity contribution in [2.45, 2.75) is 58.0 Å². The highest BCUT2D eigenvalue weighted by Gasteiger charge is 2.33. The Hall–Kier alpha value is -0.130. The zero-order valence-electron chi connectivity index (χ0n) is 11.5. The van der Waals surface area contributed by atoms with E-state index < -0.39 is 10.0 Å². The monoisotopic (exact) mass is 274 g/mol. The minimum absolute atomic E-state index is 0.144. The lowest BCUT2D eigenvalue weighted by Gasteiger charge is -2.25. The van der Waals surface area contributed by atoms with Gasteiger partial charge in [0.2, 0.25) is 10.0 Å². The minimum Gasteiger partial charge on any atom is -0.313 e. The lowest BCUT2D eigenvalue weighted by Crippen LogP contribution is -2.46. The number of sulfonamides is 1. The molecule has 106 valence electrons. The van der Waals surface area contributed by atoms with Crippen LogP contribution in [0.25, 0.3) is 0 Å². The summed E-state index contributed by atoms with van der Waals surface area (Å²) in [7, 11) is -3.13. The normalized spacial score (nSPS) is 37.9. The zero-order chi connectivity index (χ0) is 13.2. The van der Waals surface area contributed by atoms with Crippen molar-refractivity contribution in [3.63, 3.8) is 0 Å². The fourth-order valence-electron chi connectivity index (χ4n) is 3.14. The van der Waals surface area contributed by atoms with E-state index in [9.17, 15) is 8.42 Å². The Bertz CT molecular complexity index is 363. The summed E-state index contributed by atoms with van der Waals surface area (Å²) >= 11 is 0. The summed E-state index contributed by atoms with van der Waals surface area (Å²) in [5.41, 5.74) is 0. The summed E-state index contributed by atoms with van der Waals surface area (Å²) in [5, 5.41) is 3.30. The number of rotatable bonds is 4. The fraction of sp³-hybridized carbons (Fsp3) is 1.00. The molecule has 0 bridgehead atoms. The molecular formula is C13H26N2O2S. The van der Waals surface area contributed by atoms with Gasteiger partial charge in [-0.25, -0.2) is 13.1 Å². The van der Waals surface area contributed by atoms with Gasteiger partial charge in [0.05, 0.1) is 5.75 Å². The van der Waals surface area contributed by atoms with E-state index in [1.165, 1.54) is 6.42 Å². The van der Waals surface area contributed by atoms with Gasteiger partial charge in [-0.05, 0) is 44.1 Å². The highest BCUT2D eigenvalue weighted by atomic mass is 32.2. The third-order valence-electron chi connectivity index (χ3n) is 4.63. The molecule has 5 heteroatoms. The van der Waals surface area contributed by atoms with Gasteiger partial charge in [0, 0.05) is 12.1 Å². The molecule has 0 amide bonds. The first-order valence-corrected chi connectivity index (χ1v) is 8.86. The number of hydrogen-bond acceptors (Lipinski definition) is 3. The van der Waals surface area contributed by atoms with E-state index in [0.29, 0.717) is 11.8 Å². The first-order valence-electron chi connectivity index (χ1n) is 7.21. The molecule has 0 aromatic carbocycles. The van der Waals surface area contributed by atoms with E-state index in [-0.39, 0.29) is 17.8 Å². The first-order chi connectivity index (χ1) is 8.48. The van der Waals surface area contributed by atoms with Crippen LogP contribution in [0.5, 0.6) is 0 Å². The lowest BCUT2D eigenvalue weighted by molar-refractivity contribution is 0.396. The van der Waals surface area contributed by atoms with E-state index in [2.05, 4.69) is 23.9 Å². The summed E-state index contributed by atoms with van der Waals surface area (Å²) < 4.78 is 27.2. The molecule has 18 heavy (non-hydrogen) atoms. The fourth-order valence-corrected chi connectivity index (χ4v) is 4.85. The summed E-state index contributed by atoms with van der Waals surface area (Å²) in [6.45, 7) is 5.32. The van der Waals surface area contributed by atoms with E-state index >= 15 is 0 Å². The molecule has 4 nitrogen and oxygen atoms in total. The van der Waals surface area contributed by atoms with Crippen LogP contribution >= 0.6 is 0 Å². The average molecular weight is 274 g/mol. The van der Waals surface area contributed by atoms with Crippen molar-refractivity contribution in [2.75, 3.05) is 12.3 Å². The van der Waals surface area contributed by atoms with Crippen LogP contribution < -0.4 is 10.0 Å². The summed E-state index contributed by atoms with van der Waals surface area (Å²) in [6.07, 6.45) is 5.42. The molecule has 4 atom stereocenters. The van der Waals surface area contributed by atoms with Gasteiger partial charge in [0.25, 0.3) is 0 Å². The second-order valence-corrected chi connectivity index (χ2v) is 7.86. The van der Waals surface area contributed by atoms with Gasteiger partial charge in [-0.2, -0.15) is 0 Å². The van der Waals surface area contributed by atoms with Crippen molar-refractivity contribution in [2.24, 2.45) is 11.8 Å². The third kappa shape index (κ3) is 3.68. The van der Waals surface area contributed by atoms with E-state index in [4.69, 9.17) is 0 Å². The molecule has 0 aromatic rings. The summed E-state index contributed by atoms with van der Waals surface area (Å²) in [5.74, 6) is 1.33. The van der Waals surface area contributed by atoms with Gasteiger partial charge in [-0.3, -0.25) is 0 Å². The molecule has 2 aliphatic rings. The summed E-state index contributed by atoms with van der Waals surface area (Å²) in [4.78, 5) is 0. The molecule has 0 radical (unpaired) electrons. The Kier molecular flexibility index (Phi) is 4.67. The number of piperidine rings is 1. The quantitative estimate of drug-likeness (QED) is 0.816. The van der Waals surface area contributed by atoms with Crippen LogP contribution in [0.4, 0.5) is 0 Å². The predicted molar refractivity (Wildman–Crippen MR) is 73.9 cm³/mol. The smallest absolute Gasteiger partial charge is 0.213 e. The molecule has 4 unspecified atom stereocenters. The molecule has 2 N–H and O–H groups in total. The molecular weight excluding hydrogens is 248 g/mol. The Morgan fingerprint density at radius 2 is 1.94 bits per heavy atom. The predicted octanol–water partition coefficient (Wildman–Crippen LogP) is 1.48. The van der Waals surface area contributed by atoms with Crippen LogP contribution in [0.3, 0.4) is 0 Å². The van der Waals surface area contributed by atoms with E-state index in [0.717, 1.165) is 32.2 Å². The Labute approximate surface area is 111 Å². The Balaban J connectivity index is 1.87. The second kappa shape index (κ2) is 5.88. The van der Waals surface area contributed by atoms with Crippen LogP contribution in [-0.4, -0.2) is 32.8 Å². The maximum absolute atomic E-state index is 12.2. The lowest BCUT2D eigenvalue weighted by atomic mass is 9.98. The van der Waals surface area contributed by atoms with E-state index in [1.54, 1.807) is 0 Å².